The van der Waals surface area contributed by atoms with Crippen LogP contribution in [0.4, 0.5) is 10.3 Å². The first-order chi connectivity index (χ1) is 15.0. The smallest absolute Gasteiger partial charge is 0.233 e. The number of carbonyl (C=O) groups excluding carboxylic acids is 1. The zero-order chi connectivity index (χ0) is 21.8. The van der Waals surface area contributed by atoms with Gasteiger partial charge in [-0.3, -0.25) is 9.36 Å². The van der Waals surface area contributed by atoms with Gasteiger partial charge in [0.2, 0.25) is 11.9 Å². The second kappa shape index (κ2) is 9.99. The Labute approximate surface area is 186 Å². The number of halogens is 1. The van der Waals surface area contributed by atoms with Crippen molar-refractivity contribution in [1.82, 2.24) is 19.7 Å². The molecule has 1 saturated carbocycles. The third kappa shape index (κ3) is 5.57. The van der Waals surface area contributed by atoms with E-state index in [9.17, 15) is 9.18 Å². The minimum Gasteiger partial charge on any atom is -0.378 e. The maximum Gasteiger partial charge on any atom is 0.233 e. The van der Waals surface area contributed by atoms with Crippen LogP contribution in [0.25, 0.3) is 0 Å². The van der Waals surface area contributed by atoms with Crippen molar-refractivity contribution >= 4 is 23.6 Å². The first-order valence-electron chi connectivity index (χ1n) is 10.9. The van der Waals surface area contributed by atoms with Crippen LogP contribution in [-0.4, -0.2) is 63.7 Å². The maximum absolute atomic E-state index is 14.1. The van der Waals surface area contributed by atoms with Gasteiger partial charge < -0.3 is 14.5 Å². The Kier molecular flexibility index (Phi) is 7.12. The first kappa shape index (κ1) is 22.1. The van der Waals surface area contributed by atoms with Crippen molar-refractivity contribution in [2.75, 3.05) is 37.0 Å². The van der Waals surface area contributed by atoms with Crippen molar-refractivity contribution in [2.45, 2.75) is 51.0 Å². The lowest BCUT2D eigenvalue weighted by Crippen LogP contribution is -2.38. The summed E-state index contributed by atoms with van der Waals surface area (Å²) >= 11 is 1.42. The summed E-state index contributed by atoms with van der Waals surface area (Å²) in [5, 5.41) is 9.58. The first-order valence-corrected chi connectivity index (χ1v) is 11.9. The standard InChI is InChI=1S/C22H30FN5O2S/c1-16(2)13-28-21(26-9-11-30-12-10-26)24-25-22(28)31-15-20(29)27(18-7-8-18)14-17-5-3-4-6-19(17)23/h3-6,16,18H,7-15H2,1-2H3. The van der Waals surface area contributed by atoms with Crippen LogP contribution < -0.4 is 4.90 Å². The van der Waals surface area contributed by atoms with Crippen molar-refractivity contribution in [3.8, 4) is 0 Å². The van der Waals surface area contributed by atoms with Gasteiger partial charge in [-0.25, -0.2) is 4.39 Å². The highest BCUT2D eigenvalue weighted by atomic mass is 32.2. The summed E-state index contributed by atoms with van der Waals surface area (Å²) in [4.78, 5) is 17.1. The van der Waals surface area contributed by atoms with E-state index >= 15 is 0 Å². The van der Waals surface area contributed by atoms with Gasteiger partial charge in [0.25, 0.3) is 0 Å². The van der Waals surface area contributed by atoms with Gasteiger partial charge in [-0.1, -0.05) is 43.8 Å². The van der Waals surface area contributed by atoms with Gasteiger partial charge in [-0.05, 0) is 24.8 Å². The Morgan fingerprint density at radius 1 is 1.26 bits per heavy atom. The van der Waals surface area contributed by atoms with E-state index in [0.29, 0.717) is 31.2 Å². The molecule has 2 heterocycles. The van der Waals surface area contributed by atoms with Crippen molar-refractivity contribution in [1.29, 1.82) is 0 Å². The van der Waals surface area contributed by atoms with Gasteiger partial charge in [-0.15, -0.1) is 10.2 Å². The molecule has 31 heavy (non-hydrogen) atoms. The number of hydrogen-bond acceptors (Lipinski definition) is 6. The van der Waals surface area contributed by atoms with Crippen LogP contribution in [0, 0.1) is 11.7 Å². The average Bonchev–Trinajstić information content (AvgIpc) is 3.53. The van der Waals surface area contributed by atoms with Crippen LogP contribution in [0.3, 0.4) is 0 Å². The van der Waals surface area contributed by atoms with E-state index in [1.54, 1.807) is 12.1 Å². The number of hydrogen-bond donors (Lipinski definition) is 0. The van der Waals surface area contributed by atoms with Crippen LogP contribution in [0.5, 0.6) is 0 Å². The molecule has 0 radical (unpaired) electrons. The number of anilines is 1. The molecule has 0 spiro atoms. The fourth-order valence-electron chi connectivity index (χ4n) is 3.74. The van der Waals surface area contributed by atoms with Crippen LogP contribution in [0.1, 0.15) is 32.3 Å². The SMILES string of the molecule is CC(C)Cn1c(SCC(=O)N(Cc2ccccc2F)C2CC2)nnc1N1CCOCC1. The molecule has 4 rings (SSSR count). The summed E-state index contributed by atoms with van der Waals surface area (Å²) < 4.78 is 21.7. The third-order valence-corrected chi connectivity index (χ3v) is 6.42. The molecule has 2 aliphatic rings. The molecule has 0 atom stereocenters. The van der Waals surface area contributed by atoms with E-state index in [2.05, 4.69) is 33.5 Å². The molecular formula is C22H30FN5O2S. The van der Waals surface area contributed by atoms with Crippen molar-refractivity contribution in [3.63, 3.8) is 0 Å². The molecule has 2 fully saturated rings. The molecule has 0 unspecified atom stereocenters. The molecule has 1 saturated heterocycles. The number of benzene rings is 1. The highest BCUT2D eigenvalue weighted by Gasteiger charge is 2.33. The topological polar surface area (TPSA) is 63.5 Å². The van der Waals surface area contributed by atoms with Gasteiger partial charge in [0.15, 0.2) is 5.16 Å². The fourth-order valence-corrected chi connectivity index (χ4v) is 4.57. The Morgan fingerprint density at radius 3 is 2.68 bits per heavy atom. The predicted octanol–water partition coefficient (Wildman–Crippen LogP) is 3.19. The normalized spacial score (nSPS) is 16.7. The molecule has 1 aliphatic carbocycles. The summed E-state index contributed by atoms with van der Waals surface area (Å²) in [6, 6.07) is 6.89. The number of morpholine rings is 1. The summed E-state index contributed by atoms with van der Waals surface area (Å²) in [5.74, 6) is 1.29. The molecular weight excluding hydrogens is 417 g/mol. The number of rotatable bonds is 9. The third-order valence-electron chi connectivity index (χ3n) is 5.47. The molecule has 168 valence electrons. The van der Waals surface area contributed by atoms with Gasteiger partial charge >= 0.3 is 0 Å². The molecule has 2 aromatic rings. The highest BCUT2D eigenvalue weighted by Crippen LogP contribution is 2.31. The monoisotopic (exact) mass is 447 g/mol. The highest BCUT2D eigenvalue weighted by molar-refractivity contribution is 7.99. The van der Waals surface area contributed by atoms with Gasteiger partial charge in [0.1, 0.15) is 5.82 Å². The Morgan fingerprint density at radius 2 is 2.00 bits per heavy atom. The van der Waals surface area contributed by atoms with E-state index in [4.69, 9.17) is 4.74 Å². The van der Waals surface area contributed by atoms with E-state index in [0.717, 1.165) is 43.6 Å². The molecule has 1 aromatic carbocycles. The van der Waals surface area contributed by atoms with Crippen LogP contribution in [0.15, 0.2) is 29.4 Å². The number of aromatic nitrogens is 3. The van der Waals surface area contributed by atoms with Crippen molar-refractivity contribution in [3.05, 3.63) is 35.6 Å². The number of nitrogens with zero attached hydrogens (tertiary/aromatic N) is 5. The maximum atomic E-state index is 14.1. The van der Waals surface area contributed by atoms with E-state index in [1.807, 2.05) is 11.0 Å². The number of amides is 1. The molecule has 7 nitrogen and oxygen atoms in total. The number of ether oxygens (including phenoxy) is 1. The van der Waals surface area contributed by atoms with Gasteiger partial charge in [0, 0.05) is 37.8 Å². The second-order valence-electron chi connectivity index (χ2n) is 8.52. The Bertz CT molecular complexity index is 896. The number of carbonyl (C=O) groups is 1. The zero-order valence-corrected chi connectivity index (χ0v) is 19.0. The lowest BCUT2D eigenvalue weighted by Gasteiger charge is -2.28. The van der Waals surface area contributed by atoms with Crippen LogP contribution in [-0.2, 0) is 22.6 Å². The van der Waals surface area contributed by atoms with E-state index in [-0.39, 0.29) is 23.5 Å². The van der Waals surface area contributed by atoms with Gasteiger partial charge in [-0.2, -0.15) is 0 Å². The molecule has 1 amide bonds. The van der Waals surface area contributed by atoms with Crippen molar-refractivity contribution in [2.24, 2.45) is 5.92 Å². The van der Waals surface area contributed by atoms with Crippen LogP contribution >= 0.6 is 11.8 Å². The fraction of sp³-hybridized carbons (Fsp3) is 0.591. The lowest BCUT2D eigenvalue weighted by molar-refractivity contribution is -0.129. The average molecular weight is 448 g/mol. The van der Waals surface area contributed by atoms with E-state index < -0.39 is 0 Å². The Hall–Kier alpha value is -2.13. The second-order valence-corrected chi connectivity index (χ2v) is 9.46. The summed E-state index contributed by atoms with van der Waals surface area (Å²) in [6.07, 6.45) is 1.96. The molecule has 1 aliphatic heterocycles. The summed E-state index contributed by atoms with van der Waals surface area (Å²) in [5.41, 5.74) is 0.560. The van der Waals surface area contributed by atoms with Crippen molar-refractivity contribution < 1.29 is 13.9 Å². The zero-order valence-electron chi connectivity index (χ0n) is 18.2. The molecule has 0 bridgehead atoms. The minimum atomic E-state index is -0.263. The van der Waals surface area contributed by atoms with Gasteiger partial charge in [0.05, 0.1) is 19.0 Å². The quantitative estimate of drug-likeness (QED) is 0.550. The summed E-state index contributed by atoms with van der Waals surface area (Å²) in [7, 11) is 0. The molecule has 9 heteroatoms. The predicted molar refractivity (Wildman–Crippen MR) is 119 cm³/mol. The lowest BCUT2D eigenvalue weighted by atomic mass is 10.2. The molecule has 1 aromatic heterocycles. The van der Waals surface area contributed by atoms with Crippen LogP contribution in [0.2, 0.25) is 0 Å². The largest absolute Gasteiger partial charge is 0.378 e. The molecule has 0 N–H and O–H groups in total. The summed E-state index contributed by atoms with van der Waals surface area (Å²) in [6.45, 7) is 8.36. The number of thioether (sulfide) groups is 1. The van der Waals surface area contributed by atoms with E-state index in [1.165, 1.54) is 17.8 Å². The minimum absolute atomic E-state index is 0.0165. The Balaban J connectivity index is 1.45.